The highest BCUT2D eigenvalue weighted by molar-refractivity contribution is 6.34. The number of halogens is 1. The zero-order valence-electron chi connectivity index (χ0n) is 9.26. The Bertz CT molecular complexity index is 576. The second-order valence-corrected chi connectivity index (χ2v) is 3.91. The molecule has 0 spiro atoms. The van der Waals surface area contributed by atoms with Crippen LogP contribution in [0, 0.1) is 0 Å². The molecule has 2 rings (SSSR count). The number of furan rings is 1. The predicted octanol–water partition coefficient (Wildman–Crippen LogP) is 3.29. The molecule has 2 aromatic rings. The van der Waals surface area contributed by atoms with E-state index in [1.165, 1.54) is 30.5 Å². The van der Waals surface area contributed by atoms with Gasteiger partial charge in [-0.3, -0.25) is 4.79 Å². The smallest absolute Gasteiger partial charge is 0.248 e. The summed E-state index contributed by atoms with van der Waals surface area (Å²) in [5.74, 6) is 0.296. The Kier molecular flexibility index (Phi) is 3.69. The molecule has 1 aromatic carbocycles. The van der Waals surface area contributed by atoms with E-state index in [0.29, 0.717) is 11.4 Å². The predicted molar refractivity (Wildman–Crippen MR) is 69.5 cm³/mol. The van der Waals surface area contributed by atoms with Crippen molar-refractivity contribution in [3.63, 3.8) is 0 Å². The third-order valence-electron chi connectivity index (χ3n) is 2.15. The number of aromatic hydroxyl groups is 1. The number of nitrogens with one attached hydrogen (secondary N) is 1. The lowest BCUT2D eigenvalue weighted by atomic mass is 10.3. The molecule has 0 saturated heterocycles. The fraction of sp³-hybridized carbons (Fsp3) is 0. The molecule has 0 aliphatic rings. The average molecular weight is 264 g/mol. The van der Waals surface area contributed by atoms with Crippen molar-refractivity contribution in [3.8, 4) is 5.75 Å². The minimum Gasteiger partial charge on any atom is -0.508 e. The van der Waals surface area contributed by atoms with Crippen LogP contribution in [0.4, 0.5) is 5.69 Å². The number of amides is 1. The van der Waals surface area contributed by atoms with Crippen molar-refractivity contribution in [3.05, 3.63) is 53.5 Å². The summed E-state index contributed by atoms with van der Waals surface area (Å²) in [5.41, 5.74) is 0.434. The van der Waals surface area contributed by atoms with E-state index in [1.54, 1.807) is 18.2 Å². The minimum atomic E-state index is -0.334. The summed E-state index contributed by atoms with van der Waals surface area (Å²) in [6, 6.07) is 7.78. The van der Waals surface area contributed by atoms with Crippen LogP contribution in [0.5, 0.6) is 5.75 Å². The number of hydrogen-bond donors (Lipinski definition) is 2. The Labute approximate surface area is 108 Å². The molecule has 18 heavy (non-hydrogen) atoms. The average Bonchev–Trinajstić information content (AvgIpc) is 2.83. The molecule has 4 nitrogen and oxygen atoms in total. The first kappa shape index (κ1) is 12.3. The van der Waals surface area contributed by atoms with Crippen LogP contribution in [-0.4, -0.2) is 11.0 Å². The number of hydrogen-bond acceptors (Lipinski definition) is 3. The lowest BCUT2D eigenvalue weighted by Crippen LogP contribution is -2.07. The molecule has 0 unspecified atom stereocenters. The molecule has 0 saturated carbocycles. The summed E-state index contributed by atoms with van der Waals surface area (Å²) in [7, 11) is 0. The fourth-order valence-electron chi connectivity index (χ4n) is 1.32. The van der Waals surface area contributed by atoms with Gasteiger partial charge in [-0.2, -0.15) is 0 Å². The van der Waals surface area contributed by atoms with Crippen molar-refractivity contribution in [2.24, 2.45) is 0 Å². The Hall–Kier alpha value is -2.20. The van der Waals surface area contributed by atoms with Gasteiger partial charge in [0.1, 0.15) is 11.5 Å². The first-order chi connectivity index (χ1) is 8.65. The molecule has 0 atom stereocenters. The van der Waals surface area contributed by atoms with Gasteiger partial charge in [-0.1, -0.05) is 11.6 Å². The van der Waals surface area contributed by atoms with Crippen LogP contribution in [-0.2, 0) is 4.79 Å². The zero-order chi connectivity index (χ0) is 13.0. The van der Waals surface area contributed by atoms with Crippen molar-refractivity contribution in [2.45, 2.75) is 0 Å². The number of phenolic OH excluding ortho intramolecular Hbond substituents is 1. The second-order valence-electron chi connectivity index (χ2n) is 3.50. The summed E-state index contributed by atoms with van der Waals surface area (Å²) in [6.07, 6.45) is 4.40. The van der Waals surface area contributed by atoms with E-state index in [-0.39, 0.29) is 16.7 Å². The largest absolute Gasteiger partial charge is 0.508 e. The van der Waals surface area contributed by atoms with Crippen molar-refractivity contribution >= 4 is 29.3 Å². The molecule has 2 N–H and O–H groups in total. The molecule has 0 radical (unpaired) electrons. The van der Waals surface area contributed by atoms with Crippen LogP contribution in [0.15, 0.2) is 47.1 Å². The number of carbonyl (C=O) groups excluding carboxylic acids is 1. The highest BCUT2D eigenvalue weighted by Gasteiger charge is 2.04. The molecule has 1 heterocycles. The van der Waals surface area contributed by atoms with Crippen molar-refractivity contribution in [1.82, 2.24) is 0 Å². The monoisotopic (exact) mass is 263 g/mol. The molecule has 0 fully saturated rings. The van der Waals surface area contributed by atoms with E-state index in [2.05, 4.69) is 5.32 Å². The summed E-state index contributed by atoms with van der Waals surface area (Å²) in [4.78, 5) is 11.6. The molecule has 0 aliphatic heterocycles. The van der Waals surface area contributed by atoms with Gasteiger partial charge in [0.15, 0.2) is 0 Å². The van der Waals surface area contributed by atoms with Gasteiger partial charge in [-0.15, -0.1) is 0 Å². The maximum atomic E-state index is 11.6. The normalized spacial score (nSPS) is 10.7. The molecule has 0 aliphatic carbocycles. The van der Waals surface area contributed by atoms with E-state index in [1.807, 2.05) is 0 Å². The highest BCUT2D eigenvalue weighted by Crippen LogP contribution is 2.25. The van der Waals surface area contributed by atoms with Crippen LogP contribution in [0.2, 0.25) is 5.02 Å². The van der Waals surface area contributed by atoms with Gasteiger partial charge in [0.05, 0.1) is 17.0 Å². The van der Waals surface area contributed by atoms with Crippen LogP contribution in [0.1, 0.15) is 5.76 Å². The van der Waals surface area contributed by atoms with E-state index in [0.717, 1.165) is 0 Å². The number of carbonyl (C=O) groups is 1. The summed E-state index contributed by atoms with van der Waals surface area (Å²) in [6.45, 7) is 0. The van der Waals surface area contributed by atoms with E-state index < -0.39 is 0 Å². The maximum absolute atomic E-state index is 11.6. The molecule has 5 heteroatoms. The topological polar surface area (TPSA) is 62.5 Å². The Morgan fingerprint density at radius 3 is 2.89 bits per heavy atom. The van der Waals surface area contributed by atoms with Gasteiger partial charge in [0, 0.05) is 12.1 Å². The first-order valence-corrected chi connectivity index (χ1v) is 5.54. The van der Waals surface area contributed by atoms with Crippen LogP contribution >= 0.6 is 11.6 Å². The van der Waals surface area contributed by atoms with Gasteiger partial charge in [-0.05, 0) is 30.3 Å². The third-order valence-corrected chi connectivity index (χ3v) is 2.47. The highest BCUT2D eigenvalue weighted by atomic mass is 35.5. The van der Waals surface area contributed by atoms with Crippen molar-refractivity contribution in [1.29, 1.82) is 0 Å². The Morgan fingerprint density at radius 1 is 1.39 bits per heavy atom. The van der Waals surface area contributed by atoms with Gasteiger partial charge in [0.2, 0.25) is 5.91 Å². The fourth-order valence-corrected chi connectivity index (χ4v) is 1.55. The maximum Gasteiger partial charge on any atom is 0.248 e. The summed E-state index contributed by atoms with van der Waals surface area (Å²) in [5, 5.41) is 12.0. The van der Waals surface area contributed by atoms with Crippen molar-refractivity contribution in [2.75, 3.05) is 5.32 Å². The quantitative estimate of drug-likeness (QED) is 0.660. The zero-order valence-corrected chi connectivity index (χ0v) is 10.0. The minimum absolute atomic E-state index is 0.0455. The molecule has 1 aromatic heterocycles. The molecule has 92 valence electrons. The standard InChI is InChI=1S/C13H10ClNO3/c14-11-8-9(16)3-5-12(11)15-13(17)6-4-10-2-1-7-18-10/h1-8,16H,(H,15,17). The van der Waals surface area contributed by atoms with Crippen LogP contribution in [0.3, 0.4) is 0 Å². The summed E-state index contributed by atoms with van der Waals surface area (Å²) >= 11 is 5.86. The van der Waals surface area contributed by atoms with E-state index in [4.69, 9.17) is 16.0 Å². The van der Waals surface area contributed by atoms with Gasteiger partial charge < -0.3 is 14.8 Å². The lowest BCUT2D eigenvalue weighted by molar-refractivity contribution is -0.111. The molecule has 0 bridgehead atoms. The lowest BCUT2D eigenvalue weighted by Gasteiger charge is -2.04. The van der Waals surface area contributed by atoms with Crippen LogP contribution in [0.25, 0.3) is 6.08 Å². The summed E-state index contributed by atoms with van der Waals surface area (Å²) < 4.78 is 5.05. The number of phenols is 1. The van der Waals surface area contributed by atoms with Gasteiger partial charge in [0.25, 0.3) is 0 Å². The molecular weight excluding hydrogens is 254 g/mol. The molecular formula is C13H10ClNO3. The van der Waals surface area contributed by atoms with Crippen molar-refractivity contribution < 1.29 is 14.3 Å². The Morgan fingerprint density at radius 2 is 2.22 bits per heavy atom. The molecule has 1 amide bonds. The number of anilines is 1. The Balaban J connectivity index is 2.03. The second kappa shape index (κ2) is 5.42. The van der Waals surface area contributed by atoms with Crippen LogP contribution < -0.4 is 5.32 Å². The third kappa shape index (κ3) is 3.15. The number of rotatable bonds is 3. The number of benzene rings is 1. The van der Waals surface area contributed by atoms with Gasteiger partial charge >= 0.3 is 0 Å². The SMILES string of the molecule is O=C(C=Cc1ccco1)Nc1ccc(O)cc1Cl. The first-order valence-electron chi connectivity index (χ1n) is 5.16. The van der Waals surface area contributed by atoms with E-state index >= 15 is 0 Å². The van der Waals surface area contributed by atoms with Gasteiger partial charge in [-0.25, -0.2) is 0 Å². The van der Waals surface area contributed by atoms with E-state index in [9.17, 15) is 9.90 Å².